The molecule has 1 aromatic carbocycles. The molecule has 0 aliphatic rings. The average molecular weight is 397 g/mol. The first kappa shape index (κ1) is 18.3. The molecule has 8 heteroatoms. The molecule has 3 aromatic heterocycles. The Kier molecular flexibility index (Phi) is 4.47. The molecule has 0 radical (unpaired) electrons. The summed E-state index contributed by atoms with van der Waals surface area (Å²) in [5.41, 5.74) is 10.9. The minimum Gasteiger partial charge on any atom is -0.383 e. The van der Waals surface area contributed by atoms with Crippen LogP contribution >= 0.6 is 11.6 Å². The zero-order valence-corrected chi connectivity index (χ0v) is 16.7. The SMILES string of the molecule is CC(C)n1c(CNC=O)c(-c2cc3cc(Cl)ccc3n2C)c2c(N)ncnc21. The number of rotatable bonds is 5. The highest BCUT2D eigenvalue weighted by molar-refractivity contribution is 6.31. The molecule has 4 aromatic rings. The van der Waals surface area contributed by atoms with Gasteiger partial charge in [-0.25, -0.2) is 9.97 Å². The lowest BCUT2D eigenvalue weighted by atomic mass is 10.1. The van der Waals surface area contributed by atoms with Crippen LogP contribution in [-0.2, 0) is 18.4 Å². The van der Waals surface area contributed by atoms with Crippen molar-refractivity contribution in [3.8, 4) is 11.3 Å². The number of carbonyl (C=O) groups is 1. The lowest BCUT2D eigenvalue weighted by molar-refractivity contribution is -0.109. The van der Waals surface area contributed by atoms with Crippen LogP contribution in [0.2, 0.25) is 5.02 Å². The number of benzene rings is 1. The number of halogens is 1. The van der Waals surface area contributed by atoms with Gasteiger partial charge in [0.05, 0.1) is 17.6 Å². The van der Waals surface area contributed by atoms with E-state index in [1.54, 1.807) is 0 Å². The van der Waals surface area contributed by atoms with Crippen molar-refractivity contribution in [3.63, 3.8) is 0 Å². The summed E-state index contributed by atoms with van der Waals surface area (Å²) in [4.78, 5) is 19.8. The number of hydrogen-bond donors (Lipinski definition) is 2. The highest BCUT2D eigenvalue weighted by atomic mass is 35.5. The largest absolute Gasteiger partial charge is 0.383 e. The van der Waals surface area contributed by atoms with Crippen LogP contribution in [0.5, 0.6) is 0 Å². The standard InChI is InChI=1S/C20H21ClN6O/c1-11(2)27-16(8-23-10-28)17(18-19(22)24-9-25-20(18)27)15-7-12-6-13(21)4-5-14(12)26(15)3/h4-7,9-11H,8H2,1-3H3,(H,23,28)(H2,22,24,25). The molecule has 3 heterocycles. The van der Waals surface area contributed by atoms with Crippen molar-refractivity contribution in [2.75, 3.05) is 5.73 Å². The van der Waals surface area contributed by atoms with Gasteiger partial charge in [-0.05, 0) is 38.1 Å². The quantitative estimate of drug-likeness (QED) is 0.504. The Morgan fingerprint density at radius 2 is 2.07 bits per heavy atom. The van der Waals surface area contributed by atoms with Crippen molar-refractivity contribution < 1.29 is 4.79 Å². The number of aryl methyl sites for hydroxylation is 1. The summed E-state index contributed by atoms with van der Waals surface area (Å²) in [5, 5.41) is 5.29. The van der Waals surface area contributed by atoms with E-state index >= 15 is 0 Å². The Bertz CT molecular complexity index is 1210. The number of nitrogen functional groups attached to an aromatic ring is 1. The molecule has 0 saturated heterocycles. The molecule has 0 saturated carbocycles. The number of amides is 1. The number of nitrogens with two attached hydrogens (primary N) is 1. The lowest BCUT2D eigenvalue weighted by Gasteiger charge is -2.15. The molecular formula is C20H21ClN6O. The maximum Gasteiger partial charge on any atom is 0.207 e. The number of aromatic nitrogens is 4. The van der Waals surface area contributed by atoms with Gasteiger partial charge in [0, 0.05) is 40.3 Å². The molecule has 3 N–H and O–H groups in total. The van der Waals surface area contributed by atoms with Crippen molar-refractivity contribution >= 4 is 45.8 Å². The molecule has 0 aliphatic carbocycles. The first-order valence-corrected chi connectivity index (χ1v) is 9.37. The van der Waals surface area contributed by atoms with E-state index in [-0.39, 0.29) is 6.04 Å². The van der Waals surface area contributed by atoms with Gasteiger partial charge < -0.3 is 20.2 Å². The van der Waals surface area contributed by atoms with Crippen molar-refractivity contribution in [2.24, 2.45) is 7.05 Å². The Labute approximate surface area is 167 Å². The zero-order chi connectivity index (χ0) is 20.0. The van der Waals surface area contributed by atoms with Gasteiger partial charge in [-0.15, -0.1) is 0 Å². The van der Waals surface area contributed by atoms with E-state index in [0.29, 0.717) is 23.8 Å². The molecular weight excluding hydrogens is 376 g/mol. The molecule has 0 bridgehead atoms. The van der Waals surface area contributed by atoms with Gasteiger partial charge in [0.15, 0.2) is 0 Å². The van der Waals surface area contributed by atoms with E-state index in [1.807, 2.05) is 25.2 Å². The lowest BCUT2D eigenvalue weighted by Crippen LogP contribution is -2.16. The third kappa shape index (κ3) is 2.70. The van der Waals surface area contributed by atoms with Crippen LogP contribution in [0.1, 0.15) is 25.6 Å². The number of anilines is 1. The van der Waals surface area contributed by atoms with E-state index < -0.39 is 0 Å². The molecule has 4 rings (SSSR count). The van der Waals surface area contributed by atoms with Gasteiger partial charge in [0.2, 0.25) is 6.41 Å². The van der Waals surface area contributed by atoms with Gasteiger partial charge in [0.1, 0.15) is 17.8 Å². The fourth-order valence-electron chi connectivity index (χ4n) is 3.91. The molecule has 7 nitrogen and oxygen atoms in total. The summed E-state index contributed by atoms with van der Waals surface area (Å²) in [6, 6.07) is 8.00. The molecule has 0 aliphatic heterocycles. The second kappa shape index (κ2) is 6.83. The number of nitrogens with one attached hydrogen (secondary N) is 1. The topological polar surface area (TPSA) is 90.8 Å². The first-order chi connectivity index (χ1) is 13.4. The van der Waals surface area contributed by atoms with Gasteiger partial charge in [-0.2, -0.15) is 0 Å². The molecule has 0 fully saturated rings. The van der Waals surface area contributed by atoms with Crippen LogP contribution in [0.4, 0.5) is 5.82 Å². The minimum absolute atomic E-state index is 0.123. The van der Waals surface area contributed by atoms with Crippen molar-refractivity contribution in [2.45, 2.75) is 26.4 Å². The highest BCUT2D eigenvalue weighted by Gasteiger charge is 2.25. The maximum atomic E-state index is 11.0. The number of nitrogens with zero attached hydrogens (tertiary/aromatic N) is 4. The predicted molar refractivity (Wildman–Crippen MR) is 112 cm³/mol. The Hall–Kier alpha value is -3.06. The third-order valence-corrected chi connectivity index (χ3v) is 5.28. The summed E-state index contributed by atoms with van der Waals surface area (Å²) in [6.45, 7) is 4.51. The monoisotopic (exact) mass is 396 g/mol. The van der Waals surface area contributed by atoms with E-state index in [4.69, 9.17) is 17.3 Å². The molecule has 144 valence electrons. The van der Waals surface area contributed by atoms with E-state index in [1.165, 1.54) is 6.33 Å². The molecule has 28 heavy (non-hydrogen) atoms. The van der Waals surface area contributed by atoms with Gasteiger partial charge in [-0.1, -0.05) is 11.6 Å². The van der Waals surface area contributed by atoms with Crippen molar-refractivity contribution in [1.82, 2.24) is 24.4 Å². The summed E-state index contributed by atoms with van der Waals surface area (Å²) < 4.78 is 4.20. The van der Waals surface area contributed by atoms with Gasteiger partial charge >= 0.3 is 0 Å². The molecule has 0 spiro atoms. The number of carbonyl (C=O) groups excluding carboxylic acids is 1. The second-order valence-corrected chi connectivity index (χ2v) is 7.47. The van der Waals surface area contributed by atoms with Crippen molar-refractivity contribution in [1.29, 1.82) is 0 Å². The van der Waals surface area contributed by atoms with E-state index in [9.17, 15) is 4.79 Å². The van der Waals surface area contributed by atoms with Crippen LogP contribution in [-0.4, -0.2) is 25.5 Å². The Balaban J connectivity index is 2.14. The zero-order valence-electron chi connectivity index (χ0n) is 15.9. The first-order valence-electron chi connectivity index (χ1n) is 8.99. The highest BCUT2D eigenvalue weighted by Crippen LogP contribution is 2.40. The summed E-state index contributed by atoms with van der Waals surface area (Å²) in [6.07, 6.45) is 2.17. The van der Waals surface area contributed by atoms with Gasteiger partial charge in [-0.3, -0.25) is 4.79 Å². The molecule has 1 amide bonds. The summed E-state index contributed by atoms with van der Waals surface area (Å²) in [7, 11) is 2.00. The van der Waals surface area contributed by atoms with Crippen LogP contribution < -0.4 is 11.1 Å². The predicted octanol–water partition coefficient (Wildman–Crippen LogP) is 3.65. The molecule has 0 unspecified atom stereocenters. The third-order valence-electron chi connectivity index (χ3n) is 5.04. The average Bonchev–Trinajstić information content (AvgIpc) is 3.15. The Morgan fingerprint density at radius 1 is 1.29 bits per heavy atom. The fraction of sp³-hybridized carbons (Fsp3) is 0.250. The number of hydrogen-bond acceptors (Lipinski definition) is 4. The molecule has 0 atom stereocenters. The maximum absolute atomic E-state index is 11.0. The smallest absolute Gasteiger partial charge is 0.207 e. The second-order valence-electron chi connectivity index (χ2n) is 7.03. The van der Waals surface area contributed by atoms with E-state index in [0.717, 1.165) is 38.9 Å². The van der Waals surface area contributed by atoms with Crippen molar-refractivity contribution in [3.05, 3.63) is 41.3 Å². The minimum atomic E-state index is 0.123. The van der Waals surface area contributed by atoms with Crippen LogP contribution in [0, 0.1) is 0 Å². The van der Waals surface area contributed by atoms with Crippen LogP contribution in [0.15, 0.2) is 30.6 Å². The summed E-state index contributed by atoms with van der Waals surface area (Å²) in [5.74, 6) is 0.412. The Morgan fingerprint density at radius 3 is 2.79 bits per heavy atom. The normalized spacial score (nSPS) is 11.6. The van der Waals surface area contributed by atoms with Gasteiger partial charge in [0.25, 0.3) is 0 Å². The summed E-state index contributed by atoms with van der Waals surface area (Å²) >= 11 is 6.19. The van der Waals surface area contributed by atoms with Crippen LogP contribution in [0.25, 0.3) is 33.2 Å². The van der Waals surface area contributed by atoms with E-state index in [2.05, 4.69) is 44.3 Å². The number of fused-ring (bicyclic) bond motifs is 2. The van der Waals surface area contributed by atoms with Crippen LogP contribution in [0.3, 0.4) is 0 Å². The fourth-order valence-corrected chi connectivity index (χ4v) is 4.09.